The van der Waals surface area contributed by atoms with Crippen LogP contribution in [0.5, 0.6) is 0 Å². The molecule has 0 radical (unpaired) electrons. The molecule has 0 amide bonds. The largest absolute Gasteiger partial charge is 0.378 e. The summed E-state index contributed by atoms with van der Waals surface area (Å²) in [5.74, 6) is 0. The van der Waals surface area contributed by atoms with E-state index in [0.717, 1.165) is 9.75 Å². The van der Waals surface area contributed by atoms with Gasteiger partial charge in [-0.1, -0.05) is 30.3 Å². The highest BCUT2D eigenvalue weighted by atomic mass is 32.1. The van der Waals surface area contributed by atoms with Gasteiger partial charge in [-0.25, -0.2) is 0 Å². The minimum atomic E-state index is -0.966. The summed E-state index contributed by atoms with van der Waals surface area (Å²) >= 11 is 3.22. The molecule has 0 spiro atoms. The minimum absolute atomic E-state index is 0.579. The predicted molar refractivity (Wildman–Crippen MR) is 98.3 cm³/mol. The topological polar surface area (TPSA) is 25.2 Å². The van der Waals surface area contributed by atoms with Crippen molar-refractivity contribution >= 4 is 33.6 Å². The number of rotatable bonds is 4. The lowest BCUT2D eigenvalue weighted by atomic mass is 9.91. The second-order valence-electron chi connectivity index (χ2n) is 5.77. The summed E-state index contributed by atoms with van der Waals surface area (Å²) in [6, 6.07) is 16.4. The van der Waals surface area contributed by atoms with Crippen LogP contribution in [0.2, 0.25) is 0 Å². The van der Waals surface area contributed by atoms with Gasteiger partial charge in [0, 0.05) is 40.3 Å². The molecule has 0 unspecified atom stereocenters. The Bertz CT molecular complexity index is 886. The van der Waals surface area contributed by atoms with E-state index in [1.54, 1.807) is 22.7 Å². The van der Waals surface area contributed by atoms with Gasteiger partial charge in [-0.15, -0.1) is 22.7 Å². The molecule has 23 heavy (non-hydrogen) atoms. The highest BCUT2D eigenvalue weighted by molar-refractivity contribution is 7.11. The number of nitrogens with zero attached hydrogens (tertiary/aromatic N) is 1. The Balaban J connectivity index is 1.85. The van der Waals surface area contributed by atoms with Gasteiger partial charge in [0.05, 0.1) is 0 Å². The summed E-state index contributed by atoms with van der Waals surface area (Å²) < 4.78 is 2.13. The Kier molecular flexibility index (Phi) is 3.60. The fourth-order valence-electron chi connectivity index (χ4n) is 3.17. The lowest BCUT2D eigenvalue weighted by Gasteiger charge is -2.26. The minimum Gasteiger partial charge on any atom is -0.378 e. The van der Waals surface area contributed by atoms with Crippen LogP contribution in [0, 0.1) is 0 Å². The molecule has 116 valence electrons. The number of aromatic nitrogens is 1. The van der Waals surface area contributed by atoms with Crippen molar-refractivity contribution in [2.75, 3.05) is 0 Å². The van der Waals surface area contributed by atoms with E-state index < -0.39 is 5.60 Å². The summed E-state index contributed by atoms with van der Waals surface area (Å²) in [6.45, 7) is 0. The molecule has 0 saturated heterocycles. The zero-order chi connectivity index (χ0) is 15.9. The SMILES string of the molecule is Cn1cc(CC(O)(c2cccs2)c2cccs2)c2ccccc21. The highest BCUT2D eigenvalue weighted by Crippen LogP contribution is 2.39. The van der Waals surface area contributed by atoms with E-state index in [-0.39, 0.29) is 0 Å². The third kappa shape index (κ3) is 2.43. The first-order valence-electron chi connectivity index (χ1n) is 7.52. The van der Waals surface area contributed by atoms with Gasteiger partial charge in [-0.05, 0) is 34.5 Å². The van der Waals surface area contributed by atoms with E-state index in [0.29, 0.717) is 6.42 Å². The molecule has 0 fully saturated rings. The van der Waals surface area contributed by atoms with E-state index in [1.807, 2.05) is 35.0 Å². The number of hydrogen-bond donors (Lipinski definition) is 1. The number of thiophene rings is 2. The van der Waals surface area contributed by atoms with Gasteiger partial charge in [-0.2, -0.15) is 0 Å². The number of para-hydroxylation sites is 1. The molecule has 4 aromatic rings. The number of aliphatic hydroxyl groups is 1. The first-order valence-corrected chi connectivity index (χ1v) is 9.28. The van der Waals surface area contributed by atoms with Crippen LogP contribution in [0.1, 0.15) is 15.3 Å². The monoisotopic (exact) mass is 339 g/mol. The number of benzene rings is 1. The Hall–Kier alpha value is -1.88. The molecular formula is C19H17NOS2. The molecule has 3 heterocycles. The molecule has 4 heteroatoms. The lowest BCUT2D eigenvalue weighted by Crippen LogP contribution is -2.27. The number of fused-ring (bicyclic) bond motifs is 1. The van der Waals surface area contributed by atoms with Crippen molar-refractivity contribution in [2.24, 2.45) is 7.05 Å². The summed E-state index contributed by atoms with van der Waals surface area (Å²) in [5.41, 5.74) is 1.40. The van der Waals surface area contributed by atoms with Gasteiger partial charge < -0.3 is 9.67 Å². The van der Waals surface area contributed by atoms with Gasteiger partial charge in [0.25, 0.3) is 0 Å². The fraction of sp³-hybridized carbons (Fsp3) is 0.158. The maximum atomic E-state index is 11.6. The van der Waals surface area contributed by atoms with Gasteiger partial charge in [-0.3, -0.25) is 0 Å². The number of aryl methyl sites for hydroxylation is 1. The Labute approximate surface area is 143 Å². The zero-order valence-electron chi connectivity index (χ0n) is 12.8. The molecule has 1 N–H and O–H groups in total. The fourth-order valence-corrected chi connectivity index (χ4v) is 4.91. The van der Waals surface area contributed by atoms with Gasteiger partial charge >= 0.3 is 0 Å². The Morgan fingerprint density at radius 3 is 2.22 bits per heavy atom. The highest BCUT2D eigenvalue weighted by Gasteiger charge is 2.34. The normalized spacial score (nSPS) is 12.1. The van der Waals surface area contributed by atoms with Crippen LogP contribution in [-0.2, 0) is 19.1 Å². The second kappa shape index (κ2) is 5.64. The zero-order valence-corrected chi connectivity index (χ0v) is 14.4. The van der Waals surface area contributed by atoms with Crippen molar-refractivity contribution in [3.05, 3.63) is 80.8 Å². The van der Waals surface area contributed by atoms with E-state index in [4.69, 9.17) is 0 Å². The van der Waals surface area contributed by atoms with Crippen LogP contribution in [0.25, 0.3) is 10.9 Å². The molecule has 0 aliphatic rings. The molecule has 0 bridgehead atoms. The van der Waals surface area contributed by atoms with Crippen molar-refractivity contribution in [3.8, 4) is 0 Å². The van der Waals surface area contributed by atoms with Crippen molar-refractivity contribution in [1.82, 2.24) is 4.57 Å². The molecule has 4 rings (SSSR count). The first-order chi connectivity index (χ1) is 11.2. The average Bonchev–Trinajstić information content (AvgIpc) is 3.30. The first kappa shape index (κ1) is 14.7. The van der Waals surface area contributed by atoms with E-state index in [1.165, 1.54) is 16.5 Å². The number of hydrogen-bond acceptors (Lipinski definition) is 3. The quantitative estimate of drug-likeness (QED) is 0.569. The standard InChI is InChI=1S/C19H17NOS2/c1-20-13-14(15-6-2-3-7-16(15)20)12-19(21,17-8-4-10-22-17)18-9-5-11-23-18/h2-11,13,21H,12H2,1H3. The van der Waals surface area contributed by atoms with Crippen molar-refractivity contribution in [2.45, 2.75) is 12.0 Å². The van der Waals surface area contributed by atoms with E-state index >= 15 is 0 Å². The maximum Gasteiger partial charge on any atom is 0.137 e. The molecule has 0 aliphatic carbocycles. The van der Waals surface area contributed by atoms with Gasteiger partial charge in [0.15, 0.2) is 0 Å². The van der Waals surface area contributed by atoms with Crippen molar-refractivity contribution < 1.29 is 5.11 Å². The van der Waals surface area contributed by atoms with Crippen LogP contribution in [0.4, 0.5) is 0 Å². The van der Waals surface area contributed by atoms with Gasteiger partial charge in [0.2, 0.25) is 0 Å². The van der Waals surface area contributed by atoms with Crippen LogP contribution >= 0.6 is 22.7 Å². The summed E-state index contributed by atoms with van der Waals surface area (Å²) in [6.07, 6.45) is 2.71. The van der Waals surface area contributed by atoms with Crippen LogP contribution in [0.3, 0.4) is 0 Å². The molecule has 0 aliphatic heterocycles. The predicted octanol–water partition coefficient (Wildman–Crippen LogP) is 4.78. The molecule has 2 nitrogen and oxygen atoms in total. The lowest BCUT2D eigenvalue weighted by molar-refractivity contribution is 0.0892. The Morgan fingerprint density at radius 1 is 0.957 bits per heavy atom. The Morgan fingerprint density at radius 2 is 1.61 bits per heavy atom. The van der Waals surface area contributed by atoms with Crippen molar-refractivity contribution in [1.29, 1.82) is 0 Å². The molecule has 0 atom stereocenters. The molecule has 1 aromatic carbocycles. The van der Waals surface area contributed by atoms with Gasteiger partial charge in [0.1, 0.15) is 5.60 Å². The van der Waals surface area contributed by atoms with Crippen LogP contribution in [0.15, 0.2) is 65.5 Å². The third-order valence-corrected chi connectivity index (χ3v) is 6.33. The summed E-state index contributed by atoms with van der Waals surface area (Å²) in [5, 5.41) is 16.8. The molecular weight excluding hydrogens is 322 g/mol. The maximum absolute atomic E-state index is 11.6. The van der Waals surface area contributed by atoms with E-state index in [2.05, 4.69) is 42.1 Å². The van der Waals surface area contributed by atoms with Crippen LogP contribution in [-0.4, -0.2) is 9.67 Å². The molecule has 3 aromatic heterocycles. The smallest absolute Gasteiger partial charge is 0.137 e. The second-order valence-corrected chi connectivity index (χ2v) is 7.67. The molecule has 0 saturated carbocycles. The summed E-state index contributed by atoms with van der Waals surface area (Å²) in [4.78, 5) is 1.99. The third-order valence-electron chi connectivity index (χ3n) is 4.28. The van der Waals surface area contributed by atoms with E-state index in [9.17, 15) is 5.11 Å². The average molecular weight is 339 g/mol. The van der Waals surface area contributed by atoms with Crippen molar-refractivity contribution in [3.63, 3.8) is 0 Å². The summed E-state index contributed by atoms with van der Waals surface area (Å²) in [7, 11) is 2.06. The van der Waals surface area contributed by atoms with Crippen LogP contribution < -0.4 is 0 Å².